The summed E-state index contributed by atoms with van der Waals surface area (Å²) in [5.74, 6) is 1.31. The first kappa shape index (κ1) is 19.6. The van der Waals surface area contributed by atoms with E-state index in [1.807, 2.05) is 0 Å². The summed E-state index contributed by atoms with van der Waals surface area (Å²) in [5, 5.41) is 0. The lowest BCUT2D eigenvalue weighted by Crippen LogP contribution is -2.16. The minimum atomic E-state index is 0.605. The highest BCUT2D eigenvalue weighted by Gasteiger charge is 2.30. The van der Waals surface area contributed by atoms with Crippen molar-refractivity contribution in [1.29, 1.82) is 0 Å². The van der Waals surface area contributed by atoms with Crippen LogP contribution < -0.4 is 11.5 Å². The molecule has 0 bridgehead atoms. The van der Waals surface area contributed by atoms with Crippen LogP contribution in [-0.2, 0) is 12.8 Å². The quantitative estimate of drug-likeness (QED) is 0.500. The molecule has 2 aliphatic carbocycles. The highest BCUT2D eigenvalue weighted by molar-refractivity contribution is 5.74. The third-order valence-electron chi connectivity index (χ3n) is 6.97. The number of hydrogen-bond donors (Lipinski definition) is 2. The summed E-state index contributed by atoms with van der Waals surface area (Å²) in [6, 6.07) is 0. The fraction of sp³-hybridized carbons (Fsp3) is 0.750. The van der Waals surface area contributed by atoms with Gasteiger partial charge in [0.2, 0.25) is 0 Å². The predicted octanol–water partition coefficient (Wildman–Crippen LogP) is 6.85. The minimum Gasteiger partial charge on any atom is -0.398 e. The first-order valence-corrected chi connectivity index (χ1v) is 11.4. The molecule has 0 radical (unpaired) electrons. The molecule has 0 amide bonds. The summed E-state index contributed by atoms with van der Waals surface area (Å²) in [5.41, 5.74) is 21.9. The van der Waals surface area contributed by atoms with Gasteiger partial charge in [-0.2, -0.15) is 0 Å². The van der Waals surface area contributed by atoms with E-state index in [9.17, 15) is 0 Å². The van der Waals surface area contributed by atoms with Crippen LogP contribution in [0.2, 0.25) is 0 Å². The number of nitrogens with two attached hydrogens (primary N) is 2. The Kier molecular flexibility index (Phi) is 6.89. The van der Waals surface area contributed by atoms with Crippen LogP contribution in [0.15, 0.2) is 0 Å². The van der Waals surface area contributed by atoms with E-state index < -0.39 is 0 Å². The van der Waals surface area contributed by atoms with E-state index in [1.54, 1.807) is 5.56 Å². The van der Waals surface area contributed by atoms with Crippen LogP contribution in [0, 0.1) is 0 Å². The molecule has 1 aromatic rings. The Bertz CT molecular complexity index is 558. The zero-order valence-electron chi connectivity index (χ0n) is 17.2. The van der Waals surface area contributed by atoms with Gasteiger partial charge in [0.05, 0.1) is 0 Å². The topological polar surface area (TPSA) is 52.0 Å². The van der Waals surface area contributed by atoms with Crippen LogP contribution in [0.4, 0.5) is 11.4 Å². The Hall–Kier alpha value is -1.18. The normalized spacial score (nSPS) is 18.8. The summed E-state index contributed by atoms with van der Waals surface area (Å²) in [6.45, 7) is 4.58. The monoisotopic (exact) mass is 356 g/mol. The molecule has 2 fully saturated rings. The Balaban J connectivity index is 2.14. The van der Waals surface area contributed by atoms with Crippen molar-refractivity contribution in [2.75, 3.05) is 11.5 Å². The number of nitrogen functional groups attached to an aromatic ring is 2. The molecule has 146 valence electrons. The van der Waals surface area contributed by atoms with Crippen molar-refractivity contribution in [1.82, 2.24) is 0 Å². The van der Waals surface area contributed by atoms with Crippen molar-refractivity contribution in [2.24, 2.45) is 0 Å². The van der Waals surface area contributed by atoms with E-state index >= 15 is 0 Å². The van der Waals surface area contributed by atoms with Crippen LogP contribution in [0.1, 0.15) is 125 Å². The van der Waals surface area contributed by atoms with Gasteiger partial charge >= 0.3 is 0 Å². The van der Waals surface area contributed by atoms with Gasteiger partial charge in [-0.05, 0) is 79.9 Å². The molecule has 0 heterocycles. The van der Waals surface area contributed by atoms with E-state index in [-0.39, 0.29) is 0 Å². The van der Waals surface area contributed by atoms with Gasteiger partial charge < -0.3 is 11.5 Å². The maximum atomic E-state index is 6.89. The first-order chi connectivity index (χ1) is 12.7. The lowest BCUT2D eigenvalue weighted by Gasteiger charge is -2.29. The van der Waals surface area contributed by atoms with Crippen LogP contribution in [0.25, 0.3) is 0 Å². The van der Waals surface area contributed by atoms with Crippen LogP contribution in [0.3, 0.4) is 0 Å². The minimum absolute atomic E-state index is 0.605. The summed E-state index contributed by atoms with van der Waals surface area (Å²) in [6.07, 6.45) is 17.9. The van der Waals surface area contributed by atoms with Crippen molar-refractivity contribution < 1.29 is 0 Å². The molecule has 2 saturated carbocycles. The molecule has 0 unspecified atom stereocenters. The highest BCUT2D eigenvalue weighted by Crippen LogP contribution is 2.48. The van der Waals surface area contributed by atoms with Crippen molar-refractivity contribution in [2.45, 2.75) is 116 Å². The number of benzene rings is 1. The van der Waals surface area contributed by atoms with Gasteiger partial charge in [0.1, 0.15) is 0 Å². The Morgan fingerprint density at radius 1 is 0.654 bits per heavy atom. The van der Waals surface area contributed by atoms with E-state index in [0.717, 1.165) is 24.2 Å². The summed E-state index contributed by atoms with van der Waals surface area (Å²) < 4.78 is 0. The van der Waals surface area contributed by atoms with Crippen molar-refractivity contribution in [3.05, 3.63) is 22.3 Å². The second-order valence-electron chi connectivity index (χ2n) is 8.78. The molecular formula is C24H40N2. The third kappa shape index (κ3) is 3.89. The zero-order chi connectivity index (χ0) is 18.5. The fourth-order valence-electron chi connectivity index (χ4n) is 5.55. The fourth-order valence-corrected chi connectivity index (χ4v) is 5.55. The van der Waals surface area contributed by atoms with Crippen LogP contribution >= 0.6 is 0 Å². The van der Waals surface area contributed by atoms with Crippen molar-refractivity contribution >= 4 is 11.4 Å². The molecule has 1 aromatic carbocycles. The molecule has 0 atom stereocenters. The van der Waals surface area contributed by atoms with E-state index in [2.05, 4.69) is 13.8 Å². The smallest absolute Gasteiger partial charge is 0.0405 e. The van der Waals surface area contributed by atoms with Crippen molar-refractivity contribution in [3.8, 4) is 0 Å². The maximum absolute atomic E-state index is 6.89. The molecule has 26 heavy (non-hydrogen) atoms. The predicted molar refractivity (Wildman–Crippen MR) is 115 cm³/mol. The number of rotatable bonds is 8. The molecule has 0 saturated heterocycles. The van der Waals surface area contributed by atoms with Gasteiger partial charge in [0.15, 0.2) is 0 Å². The summed E-state index contributed by atoms with van der Waals surface area (Å²) in [7, 11) is 0. The molecule has 4 N–H and O–H groups in total. The van der Waals surface area contributed by atoms with E-state index in [0.29, 0.717) is 11.8 Å². The maximum Gasteiger partial charge on any atom is 0.0405 e. The molecule has 0 spiro atoms. The summed E-state index contributed by atoms with van der Waals surface area (Å²) in [4.78, 5) is 0. The Morgan fingerprint density at radius 3 is 1.42 bits per heavy atom. The SMILES string of the molecule is CCCCc1c(N)c(C2CCCC2)c(N)c(CCCC)c1C1CCCC1. The highest BCUT2D eigenvalue weighted by atomic mass is 14.7. The van der Waals surface area contributed by atoms with Gasteiger partial charge in [0.25, 0.3) is 0 Å². The molecule has 2 aliphatic rings. The molecule has 2 nitrogen and oxygen atoms in total. The first-order valence-electron chi connectivity index (χ1n) is 11.4. The van der Waals surface area contributed by atoms with Crippen molar-refractivity contribution in [3.63, 3.8) is 0 Å². The number of anilines is 2. The standard InChI is InChI=1S/C24H40N2/c1-3-5-15-19-21(17-11-7-8-12-17)20(16-6-4-2)24(26)22(23(19)25)18-13-9-10-14-18/h17-18H,3-16,25-26H2,1-2H3. The Morgan fingerprint density at radius 2 is 1.04 bits per heavy atom. The number of unbranched alkanes of at least 4 members (excludes halogenated alkanes) is 2. The van der Waals surface area contributed by atoms with Crippen LogP contribution in [-0.4, -0.2) is 0 Å². The largest absolute Gasteiger partial charge is 0.398 e. The third-order valence-corrected chi connectivity index (χ3v) is 6.97. The van der Waals surface area contributed by atoms with Gasteiger partial charge in [-0.25, -0.2) is 0 Å². The molecular weight excluding hydrogens is 316 g/mol. The van der Waals surface area contributed by atoms with Crippen LogP contribution in [0.5, 0.6) is 0 Å². The average Bonchev–Trinajstić information content (AvgIpc) is 3.34. The number of hydrogen-bond acceptors (Lipinski definition) is 2. The molecule has 0 aliphatic heterocycles. The molecule has 0 aromatic heterocycles. The van der Waals surface area contributed by atoms with Gasteiger partial charge in [-0.1, -0.05) is 52.4 Å². The Labute approximate surface area is 161 Å². The molecule has 2 heteroatoms. The van der Waals surface area contributed by atoms with E-state index in [4.69, 9.17) is 11.5 Å². The average molecular weight is 357 g/mol. The van der Waals surface area contributed by atoms with E-state index in [1.165, 1.54) is 93.7 Å². The lowest BCUT2D eigenvalue weighted by molar-refractivity contribution is 0.673. The second-order valence-corrected chi connectivity index (χ2v) is 8.78. The molecule has 3 rings (SSSR count). The lowest BCUT2D eigenvalue weighted by atomic mass is 9.78. The second kappa shape index (κ2) is 9.15. The summed E-state index contributed by atoms with van der Waals surface area (Å²) >= 11 is 0. The zero-order valence-corrected chi connectivity index (χ0v) is 17.2. The van der Waals surface area contributed by atoms with Gasteiger partial charge in [0, 0.05) is 16.9 Å². The van der Waals surface area contributed by atoms with Gasteiger partial charge in [-0.3, -0.25) is 0 Å². The van der Waals surface area contributed by atoms with Gasteiger partial charge in [-0.15, -0.1) is 0 Å².